The van der Waals surface area contributed by atoms with Gasteiger partial charge in [0.1, 0.15) is 23.0 Å². The molecule has 2 aromatic heterocycles. The summed E-state index contributed by atoms with van der Waals surface area (Å²) in [4.78, 5) is 23.3. The molecule has 0 bridgehead atoms. The zero-order chi connectivity index (χ0) is 25.6. The van der Waals surface area contributed by atoms with E-state index in [-0.39, 0.29) is 17.7 Å². The lowest BCUT2D eigenvalue weighted by atomic mass is 10.0. The fraction of sp³-hybridized carbons (Fsp3) is 0.481. The van der Waals surface area contributed by atoms with Crippen molar-refractivity contribution in [3.05, 3.63) is 48.4 Å². The van der Waals surface area contributed by atoms with E-state index in [9.17, 15) is 18.0 Å². The Morgan fingerprint density at radius 3 is 2.24 bits per heavy atom. The van der Waals surface area contributed by atoms with E-state index in [0.29, 0.717) is 47.7 Å². The van der Waals surface area contributed by atoms with Crippen LogP contribution < -0.4 is 4.74 Å². The van der Waals surface area contributed by atoms with Crippen LogP contribution in [0.3, 0.4) is 0 Å². The Morgan fingerprint density at radius 1 is 0.946 bits per heavy atom. The Morgan fingerprint density at radius 2 is 1.65 bits per heavy atom. The number of aromatic nitrogens is 2. The number of piperidine rings is 1. The van der Waals surface area contributed by atoms with Crippen molar-refractivity contribution >= 4 is 5.91 Å². The number of furan rings is 1. The lowest BCUT2D eigenvalue weighted by Gasteiger charge is -2.36. The van der Waals surface area contributed by atoms with Crippen molar-refractivity contribution in [2.24, 2.45) is 0 Å². The smallest absolute Gasteiger partial charge is 0.463 e. The Kier molecular flexibility index (Phi) is 6.22. The molecular weight excluding hydrogens is 485 g/mol. The van der Waals surface area contributed by atoms with Gasteiger partial charge in [-0.15, -0.1) is 13.2 Å². The largest absolute Gasteiger partial charge is 0.573 e. The number of carbonyl (C=O) groups excluding carboxylic acids is 1. The molecule has 4 heterocycles. The van der Waals surface area contributed by atoms with Crippen molar-refractivity contribution in [2.75, 3.05) is 26.2 Å². The van der Waals surface area contributed by atoms with E-state index >= 15 is 0 Å². The molecule has 1 aliphatic carbocycles. The first-order valence-electron chi connectivity index (χ1n) is 12.9. The average molecular weight is 515 g/mol. The third kappa shape index (κ3) is 4.99. The highest BCUT2D eigenvalue weighted by molar-refractivity contribution is 5.99. The van der Waals surface area contributed by atoms with Crippen molar-refractivity contribution in [3.8, 4) is 28.6 Å². The predicted octanol–water partition coefficient (Wildman–Crippen LogP) is 5.74. The van der Waals surface area contributed by atoms with E-state index in [4.69, 9.17) is 9.40 Å². The van der Waals surface area contributed by atoms with Crippen LogP contribution >= 0.6 is 0 Å². The molecule has 7 nitrogen and oxygen atoms in total. The highest BCUT2D eigenvalue weighted by Crippen LogP contribution is 2.43. The number of benzene rings is 1. The lowest BCUT2D eigenvalue weighted by Crippen LogP contribution is -2.46. The summed E-state index contributed by atoms with van der Waals surface area (Å²) in [6.07, 6.45) is 3.00. The number of likely N-dealkylation sites (tertiary alicyclic amines) is 2. The first-order valence-corrected chi connectivity index (χ1v) is 12.9. The zero-order valence-corrected chi connectivity index (χ0v) is 20.4. The molecular formula is C27H29F3N4O3. The fourth-order valence-corrected chi connectivity index (χ4v) is 5.61. The maximum atomic E-state index is 14.0. The normalized spacial score (nSPS) is 19.5. The minimum atomic E-state index is -4.76. The minimum Gasteiger partial charge on any atom is -0.463 e. The van der Waals surface area contributed by atoms with Crippen LogP contribution in [-0.4, -0.2) is 63.8 Å². The van der Waals surface area contributed by atoms with Gasteiger partial charge in [-0.3, -0.25) is 4.79 Å². The first kappa shape index (κ1) is 24.1. The quantitative estimate of drug-likeness (QED) is 0.420. The maximum absolute atomic E-state index is 14.0. The second kappa shape index (κ2) is 9.55. The third-order valence-electron chi connectivity index (χ3n) is 7.54. The van der Waals surface area contributed by atoms with Crippen molar-refractivity contribution in [1.82, 2.24) is 19.4 Å². The van der Waals surface area contributed by atoms with Gasteiger partial charge in [0, 0.05) is 30.7 Å². The number of imidazole rings is 1. The number of hydrogen-bond donors (Lipinski definition) is 0. The molecule has 2 saturated heterocycles. The van der Waals surface area contributed by atoms with Crippen LogP contribution in [0.5, 0.6) is 5.75 Å². The summed E-state index contributed by atoms with van der Waals surface area (Å²) < 4.78 is 49.6. The lowest BCUT2D eigenvalue weighted by molar-refractivity contribution is -0.274. The average Bonchev–Trinajstić information content (AvgIpc) is 3.29. The molecule has 10 heteroatoms. The molecule has 2 aliphatic heterocycles. The SMILES string of the molecule is O=C(c1c(-c2ccco2)nc(-c2ccc(OC(F)(F)F)cc2)n1C1CC1)N1CCC(N2CCCC2)CC1. The summed E-state index contributed by atoms with van der Waals surface area (Å²) in [6.45, 7) is 3.66. The van der Waals surface area contributed by atoms with Gasteiger partial charge in [-0.05, 0) is 88.0 Å². The molecule has 6 rings (SSSR count). The molecule has 3 aliphatic rings. The van der Waals surface area contributed by atoms with Crippen molar-refractivity contribution < 1.29 is 27.1 Å². The fourth-order valence-electron chi connectivity index (χ4n) is 5.61. The molecule has 0 radical (unpaired) electrons. The van der Waals surface area contributed by atoms with E-state index in [1.165, 1.54) is 25.0 Å². The van der Waals surface area contributed by atoms with Crippen LogP contribution in [0.4, 0.5) is 13.2 Å². The van der Waals surface area contributed by atoms with E-state index in [1.807, 2.05) is 9.47 Å². The Balaban J connectivity index is 1.33. The highest BCUT2D eigenvalue weighted by atomic mass is 19.4. The molecule has 0 atom stereocenters. The predicted molar refractivity (Wildman–Crippen MR) is 130 cm³/mol. The van der Waals surface area contributed by atoms with Crippen molar-refractivity contribution in [3.63, 3.8) is 0 Å². The number of amides is 1. The third-order valence-corrected chi connectivity index (χ3v) is 7.54. The standard InChI is InChI=1S/C27H29F3N4O3/c28-27(29,30)37-21-9-5-18(6-10-21)25-31-23(22-4-3-17-36-22)24(34(25)20-7-8-20)26(35)33-15-11-19(12-16-33)32-13-1-2-14-32/h3-6,9-10,17,19-20H,1-2,7-8,11-16H2. The monoisotopic (exact) mass is 514 g/mol. The molecule has 37 heavy (non-hydrogen) atoms. The number of ether oxygens (including phenoxy) is 1. The number of nitrogens with zero attached hydrogens (tertiary/aromatic N) is 4. The Hall–Kier alpha value is -3.27. The molecule has 196 valence electrons. The molecule has 1 aromatic carbocycles. The van der Waals surface area contributed by atoms with Gasteiger partial charge in [0.05, 0.1) is 6.26 Å². The van der Waals surface area contributed by atoms with Crippen LogP contribution in [0.2, 0.25) is 0 Å². The van der Waals surface area contributed by atoms with Gasteiger partial charge >= 0.3 is 6.36 Å². The van der Waals surface area contributed by atoms with Gasteiger partial charge in [0.15, 0.2) is 5.76 Å². The van der Waals surface area contributed by atoms with Gasteiger partial charge in [0.2, 0.25) is 0 Å². The first-order chi connectivity index (χ1) is 17.9. The van der Waals surface area contributed by atoms with Crippen LogP contribution in [0.1, 0.15) is 55.1 Å². The van der Waals surface area contributed by atoms with Crippen LogP contribution in [0.15, 0.2) is 47.1 Å². The second-order valence-electron chi connectivity index (χ2n) is 10.0. The Labute approximate surface area is 212 Å². The second-order valence-corrected chi connectivity index (χ2v) is 10.0. The Bertz CT molecular complexity index is 1240. The van der Waals surface area contributed by atoms with Gasteiger partial charge < -0.3 is 23.5 Å². The topological polar surface area (TPSA) is 63.7 Å². The van der Waals surface area contributed by atoms with E-state index in [0.717, 1.165) is 38.8 Å². The van der Waals surface area contributed by atoms with Crippen molar-refractivity contribution in [1.29, 1.82) is 0 Å². The summed E-state index contributed by atoms with van der Waals surface area (Å²) in [5, 5.41) is 0. The zero-order valence-electron chi connectivity index (χ0n) is 20.4. The van der Waals surface area contributed by atoms with E-state index in [2.05, 4.69) is 9.64 Å². The summed E-state index contributed by atoms with van der Waals surface area (Å²) in [5.41, 5.74) is 1.57. The van der Waals surface area contributed by atoms with E-state index in [1.54, 1.807) is 30.5 Å². The highest BCUT2D eigenvalue weighted by Gasteiger charge is 2.38. The molecule has 3 aromatic rings. The van der Waals surface area contributed by atoms with Crippen LogP contribution in [0, 0.1) is 0 Å². The number of halogens is 3. The summed E-state index contributed by atoms with van der Waals surface area (Å²) in [7, 11) is 0. The van der Waals surface area contributed by atoms with Gasteiger partial charge in [-0.2, -0.15) is 0 Å². The number of carbonyl (C=O) groups is 1. The van der Waals surface area contributed by atoms with E-state index < -0.39 is 6.36 Å². The van der Waals surface area contributed by atoms with Crippen molar-refractivity contribution in [2.45, 2.75) is 57.0 Å². The van der Waals surface area contributed by atoms with Crippen LogP contribution in [0.25, 0.3) is 22.8 Å². The molecule has 0 N–H and O–H groups in total. The summed E-state index contributed by atoms with van der Waals surface area (Å²) >= 11 is 0. The maximum Gasteiger partial charge on any atom is 0.573 e. The van der Waals surface area contributed by atoms with Gasteiger partial charge in [0.25, 0.3) is 5.91 Å². The summed E-state index contributed by atoms with van der Waals surface area (Å²) in [6, 6.07) is 9.80. The molecule has 3 fully saturated rings. The van der Waals surface area contributed by atoms with Gasteiger partial charge in [-0.25, -0.2) is 4.98 Å². The number of rotatable bonds is 6. The number of hydrogen-bond acceptors (Lipinski definition) is 5. The summed E-state index contributed by atoms with van der Waals surface area (Å²) in [5.74, 6) is 0.661. The molecule has 1 amide bonds. The number of alkyl halides is 3. The molecule has 1 saturated carbocycles. The molecule has 0 unspecified atom stereocenters. The van der Waals surface area contributed by atoms with Crippen LogP contribution in [-0.2, 0) is 0 Å². The minimum absolute atomic E-state index is 0.0750. The van der Waals surface area contributed by atoms with Gasteiger partial charge in [-0.1, -0.05) is 0 Å². The molecule has 0 spiro atoms.